The molecular formula is C15H31. The van der Waals surface area contributed by atoms with E-state index >= 15 is 0 Å². The van der Waals surface area contributed by atoms with Crippen LogP contribution in [-0.2, 0) is 0 Å². The number of hydrogen-bond donors (Lipinski definition) is 0. The molecule has 15 heavy (non-hydrogen) atoms. The lowest BCUT2D eigenvalue weighted by atomic mass is 9.88. The molecule has 0 nitrogen and oxygen atoms in total. The van der Waals surface area contributed by atoms with E-state index in [9.17, 15) is 0 Å². The molecule has 0 aliphatic carbocycles. The molecule has 1 radical (unpaired) electrons. The predicted molar refractivity (Wildman–Crippen MR) is 70.9 cm³/mol. The van der Waals surface area contributed by atoms with Gasteiger partial charge in [-0.3, -0.25) is 0 Å². The third kappa shape index (κ3) is 8.96. The molecule has 0 aliphatic heterocycles. The van der Waals surface area contributed by atoms with Gasteiger partial charge < -0.3 is 0 Å². The van der Waals surface area contributed by atoms with E-state index in [4.69, 9.17) is 0 Å². The van der Waals surface area contributed by atoms with Crippen molar-refractivity contribution in [2.45, 2.75) is 78.6 Å². The fourth-order valence-corrected chi connectivity index (χ4v) is 2.21. The molecule has 0 aromatic rings. The molecule has 0 aliphatic rings. The maximum absolute atomic E-state index is 3.99. The molecule has 0 fully saturated rings. The number of rotatable bonds is 10. The molecule has 0 amide bonds. The molecule has 0 heteroatoms. The van der Waals surface area contributed by atoms with Gasteiger partial charge in [-0.15, -0.1) is 0 Å². The molecular weight excluding hydrogens is 180 g/mol. The topological polar surface area (TPSA) is 0 Å². The Balaban J connectivity index is 3.44. The van der Waals surface area contributed by atoms with Gasteiger partial charge in [-0.25, -0.2) is 0 Å². The van der Waals surface area contributed by atoms with Crippen LogP contribution in [0.2, 0.25) is 0 Å². The Morgan fingerprint density at radius 3 is 2.20 bits per heavy atom. The highest BCUT2D eigenvalue weighted by atomic mass is 14.2. The average molecular weight is 211 g/mol. The molecule has 91 valence electrons. The van der Waals surface area contributed by atoms with E-state index in [0.29, 0.717) is 0 Å². The van der Waals surface area contributed by atoms with Crippen LogP contribution < -0.4 is 0 Å². The SMILES string of the molecule is [CH2]CC(C)CC(CC)CCCCCCC. The van der Waals surface area contributed by atoms with Crippen molar-refractivity contribution in [3.05, 3.63) is 6.92 Å². The quantitative estimate of drug-likeness (QED) is 0.411. The largest absolute Gasteiger partial charge is 0.0654 e. The van der Waals surface area contributed by atoms with Crippen LogP contribution in [0.5, 0.6) is 0 Å². The Morgan fingerprint density at radius 1 is 1.00 bits per heavy atom. The van der Waals surface area contributed by atoms with Crippen LogP contribution in [-0.4, -0.2) is 0 Å². The Kier molecular flexibility index (Phi) is 10.5. The first-order valence-electron chi connectivity index (χ1n) is 7.03. The van der Waals surface area contributed by atoms with Gasteiger partial charge in [0.15, 0.2) is 0 Å². The summed E-state index contributed by atoms with van der Waals surface area (Å²) >= 11 is 0. The maximum Gasteiger partial charge on any atom is -0.0414 e. The average Bonchev–Trinajstić information content (AvgIpc) is 2.26. The normalized spacial score (nSPS) is 15.2. The van der Waals surface area contributed by atoms with E-state index in [1.165, 1.54) is 51.4 Å². The minimum absolute atomic E-state index is 0.825. The maximum atomic E-state index is 3.99. The van der Waals surface area contributed by atoms with Crippen molar-refractivity contribution in [3.63, 3.8) is 0 Å². The zero-order valence-corrected chi connectivity index (χ0v) is 11.2. The zero-order chi connectivity index (χ0) is 11.5. The Morgan fingerprint density at radius 2 is 1.67 bits per heavy atom. The predicted octanol–water partition coefficient (Wildman–Crippen LogP) is 5.62. The lowest BCUT2D eigenvalue weighted by molar-refractivity contribution is 0.349. The molecule has 0 aromatic heterocycles. The first-order chi connectivity index (χ1) is 7.24. The molecule has 0 saturated carbocycles. The van der Waals surface area contributed by atoms with Gasteiger partial charge in [0.2, 0.25) is 0 Å². The standard InChI is InChI=1S/C15H31/c1-5-8-9-10-11-12-15(7-3)13-14(4)6-2/h14-15H,2,5-13H2,1,3-4H3. The summed E-state index contributed by atoms with van der Waals surface area (Å²) in [6.45, 7) is 11.0. The van der Waals surface area contributed by atoms with Gasteiger partial charge in [-0.2, -0.15) is 0 Å². The van der Waals surface area contributed by atoms with Crippen LogP contribution in [0.15, 0.2) is 0 Å². The van der Waals surface area contributed by atoms with Crippen molar-refractivity contribution in [2.75, 3.05) is 0 Å². The molecule has 0 aromatic carbocycles. The van der Waals surface area contributed by atoms with Crippen LogP contribution >= 0.6 is 0 Å². The molecule has 2 atom stereocenters. The molecule has 0 N–H and O–H groups in total. The van der Waals surface area contributed by atoms with Crippen molar-refractivity contribution < 1.29 is 0 Å². The summed E-state index contributed by atoms with van der Waals surface area (Å²) in [4.78, 5) is 0. The number of unbranched alkanes of at least 4 members (excludes halogenated alkanes) is 4. The van der Waals surface area contributed by atoms with Crippen LogP contribution in [0, 0.1) is 18.8 Å². The number of hydrogen-bond acceptors (Lipinski definition) is 0. The van der Waals surface area contributed by atoms with Gasteiger partial charge in [0.25, 0.3) is 0 Å². The Hall–Kier alpha value is 0. The van der Waals surface area contributed by atoms with E-state index in [2.05, 4.69) is 27.7 Å². The van der Waals surface area contributed by atoms with Crippen molar-refractivity contribution in [3.8, 4) is 0 Å². The first kappa shape index (κ1) is 15.0. The van der Waals surface area contributed by atoms with E-state index < -0.39 is 0 Å². The summed E-state index contributed by atoms with van der Waals surface area (Å²) in [7, 11) is 0. The molecule has 0 spiro atoms. The first-order valence-corrected chi connectivity index (χ1v) is 7.03. The Bertz CT molecular complexity index is 117. The van der Waals surface area contributed by atoms with Crippen LogP contribution in [0.25, 0.3) is 0 Å². The molecule has 0 rings (SSSR count). The van der Waals surface area contributed by atoms with Crippen molar-refractivity contribution in [1.82, 2.24) is 0 Å². The minimum Gasteiger partial charge on any atom is -0.0654 e. The zero-order valence-electron chi connectivity index (χ0n) is 11.2. The summed E-state index contributed by atoms with van der Waals surface area (Å²) in [5.74, 6) is 1.79. The summed E-state index contributed by atoms with van der Waals surface area (Å²) in [5, 5.41) is 0. The van der Waals surface area contributed by atoms with Gasteiger partial charge in [0.05, 0.1) is 0 Å². The van der Waals surface area contributed by atoms with Gasteiger partial charge in [-0.05, 0) is 18.3 Å². The molecule has 0 bridgehead atoms. The monoisotopic (exact) mass is 211 g/mol. The second-order valence-corrected chi connectivity index (χ2v) is 5.11. The third-order valence-electron chi connectivity index (χ3n) is 3.52. The smallest absolute Gasteiger partial charge is 0.0414 e. The van der Waals surface area contributed by atoms with Gasteiger partial charge in [-0.1, -0.05) is 79.1 Å². The summed E-state index contributed by atoms with van der Waals surface area (Å²) < 4.78 is 0. The van der Waals surface area contributed by atoms with E-state index in [1.54, 1.807) is 0 Å². The third-order valence-corrected chi connectivity index (χ3v) is 3.52. The Labute approximate surface area is 97.8 Å². The second kappa shape index (κ2) is 10.5. The van der Waals surface area contributed by atoms with Crippen molar-refractivity contribution in [1.29, 1.82) is 0 Å². The van der Waals surface area contributed by atoms with Crippen molar-refractivity contribution >= 4 is 0 Å². The summed E-state index contributed by atoms with van der Waals surface area (Å²) in [6, 6.07) is 0. The summed E-state index contributed by atoms with van der Waals surface area (Å²) in [5.41, 5.74) is 0. The van der Waals surface area contributed by atoms with E-state index in [0.717, 1.165) is 18.3 Å². The molecule has 0 heterocycles. The second-order valence-electron chi connectivity index (χ2n) is 5.11. The van der Waals surface area contributed by atoms with E-state index in [-0.39, 0.29) is 0 Å². The van der Waals surface area contributed by atoms with Crippen LogP contribution in [0.4, 0.5) is 0 Å². The van der Waals surface area contributed by atoms with E-state index in [1.807, 2.05) is 0 Å². The molecule has 2 unspecified atom stereocenters. The highest BCUT2D eigenvalue weighted by Gasteiger charge is 2.09. The van der Waals surface area contributed by atoms with Crippen LogP contribution in [0.1, 0.15) is 78.6 Å². The fourth-order valence-electron chi connectivity index (χ4n) is 2.21. The van der Waals surface area contributed by atoms with Crippen LogP contribution in [0.3, 0.4) is 0 Å². The highest BCUT2D eigenvalue weighted by Crippen LogP contribution is 2.23. The van der Waals surface area contributed by atoms with Gasteiger partial charge in [0, 0.05) is 0 Å². The highest BCUT2D eigenvalue weighted by molar-refractivity contribution is 4.63. The minimum atomic E-state index is 0.825. The van der Waals surface area contributed by atoms with Crippen molar-refractivity contribution in [2.24, 2.45) is 11.8 Å². The van der Waals surface area contributed by atoms with Gasteiger partial charge in [0.1, 0.15) is 0 Å². The lowest BCUT2D eigenvalue weighted by Gasteiger charge is -2.18. The summed E-state index contributed by atoms with van der Waals surface area (Å²) in [6.07, 6.45) is 12.4. The lowest BCUT2D eigenvalue weighted by Crippen LogP contribution is -2.05. The molecule has 0 saturated heterocycles. The fraction of sp³-hybridized carbons (Fsp3) is 0.933. The van der Waals surface area contributed by atoms with Gasteiger partial charge >= 0.3 is 0 Å².